The molecule has 1 aliphatic rings. The van der Waals surface area contributed by atoms with Crippen molar-refractivity contribution >= 4 is 44.3 Å². The molecule has 6 nitrogen and oxygen atoms in total. The molecular formula is C27H20BrN3O3. The van der Waals surface area contributed by atoms with E-state index in [1.165, 1.54) is 11.2 Å². The van der Waals surface area contributed by atoms with E-state index in [1.807, 2.05) is 54.6 Å². The summed E-state index contributed by atoms with van der Waals surface area (Å²) in [6, 6.07) is 25.3. The monoisotopic (exact) mass is 513 g/mol. The number of hydrazine groups is 1. The molecule has 7 heteroatoms. The Balaban J connectivity index is 1.38. The van der Waals surface area contributed by atoms with Crippen LogP contribution < -0.4 is 5.43 Å². The van der Waals surface area contributed by atoms with E-state index >= 15 is 0 Å². The van der Waals surface area contributed by atoms with Gasteiger partial charge in [0.25, 0.3) is 5.91 Å². The van der Waals surface area contributed by atoms with Crippen LogP contribution in [-0.4, -0.2) is 28.5 Å². The molecule has 1 N–H and O–H groups in total. The fourth-order valence-corrected chi connectivity index (χ4v) is 4.27. The molecule has 2 heterocycles. The smallest absolute Gasteiger partial charge is 0.340 e. The number of carbonyl (C=O) groups excluding carboxylic acids is 2. The Labute approximate surface area is 205 Å². The highest BCUT2D eigenvalue weighted by Crippen LogP contribution is 2.32. The maximum Gasteiger partial charge on any atom is 0.340 e. The lowest BCUT2D eigenvalue weighted by Gasteiger charge is -2.25. The van der Waals surface area contributed by atoms with Crippen LogP contribution in [0.1, 0.15) is 27.5 Å². The van der Waals surface area contributed by atoms with Crippen molar-refractivity contribution in [3.8, 4) is 0 Å². The van der Waals surface area contributed by atoms with Crippen LogP contribution in [-0.2, 0) is 9.53 Å². The third kappa shape index (κ3) is 4.56. The molecule has 1 atom stereocenters. The average Bonchev–Trinajstić information content (AvgIpc) is 3.33. The SMILES string of the molecule is O=C(OCC(=O)N1NC(c2ccc3ccccc3c2)=C[C@@H]1c1ccccc1)c1cncc(Br)c1. The quantitative estimate of drug-likeness (QED) is 0.367. The number of hydrogen-bond acceptors (Lipinski definition) is 5. The molecule has 1 aliphatic heterocycles. The molecule has 0 fully saturated rings. The first-order chi connectivity index (χ1) is 16.6. The summed E-state index contributed by atoms with van der Waals surface area (Å²) in [4.78, 5) is 29.5. The van der Waals surface area contributed by atoms with Crippen LogP contribution in [0.3, 0.4) is 0 Å². The molecule has 0 radical (unpaired) electrons. The van der Waals surface area contributed by atoms with Crippen molar-refractivity contribution in [1.82, 2.24) is 15.4 Å². The van der Waals surface area contributed by atoms with Crippen molar-refractivity contribution in [2.45, 2.75) is 6.04 Å². The Hall–Kier alpha value is -3.97. The molecule has 0 spiro atoms. The van der Waals surface area contributed by atoms with E-state index in [0.717, 1.165) is 27.6 Å². The average molecular weight is 514 g/mol. The molecule has 34 heavy (non-hydrogen) atoms. The van der Waals surface area contributed by atoms with Gasteiger partial charge in [0.1, 0.15) is 0 Å². The number of rotatable bonds is 5. The van der Waals surface area contributed by atoms with Crippen LogP contribution in [0.5, 0.6) is 0 Å². The Morgan fingerprint density at radius 1 is 0.941 bits per heavy atom. The zero-order chi connectivity index (χ0) is 23.5. The minimum atomic E-state index is -0.611. The van der Waals surface area contributed by atoms with E-state index in [2.05, 4.69) is 50.6 Å². The Morgan fingerprint density at radius 3 is 2.50 bits per heavy atom. The molecule has 3 aromatic carbocycles. The molecule has 1 aromatic heterocycles. The van der Waals surface area contributed by atoms with Crippen LogP contribution in [0.25, 0.3) is 16.5 Å². The summed E-state index contributed by atoms with van der Waals surface area (Å²) in [5, 5.41) is 3.76. The highest BCUT2D eigenvalue weighted by molar-refractivity contribution is 9.10. The minimum Gasteiger partial charge on any atom is -0.452 e. The maximum atomic E-state index is 13.1. The molecule has 0 bridgehead atoms. The van der Waals surface area contributed by atoms with Gasteiger partial charge in [-0.15, -0.1) is 0 Å². The molecule has 0 aliphatic carbocycles. The summed E-state index contributed by atoms with van der Waals surface area (Å²) in [6.07, 6.45) is 4.98. The van der Waals surface area contributed by atoms with Crippen LogP contribution in [0, 0.1) is 0 Å². The molecule has 168 valence electrons. The molecule has 1 amide bonds. The van der Waals surface area contributed by atoms with Gasteiger partial charge in [0.2, 0.25) is 0 Å². The van der Waals surface area contributed by atoms with Gasteiger partial charge in [-0.2, -0.15) is 0 Å². The normalized spacial score (nSPS) is 15.0. The van der Waals surface area contributed by atoms with Gasteiger partial charge in [-0.25, -0.2) is 9.80 Å². The number of amides is 1. The fraction of sp³-hybridized carbons (Fsp3) is 0.0741. The molecular weight excluding hydrogens is 494 g/mol. The van der Waals surface area contributed by atoms with E-state index in [1.54, 1.807) is 12.3 Å². The highest BCUT2D eigenvalue weighted by atomic mass is 79.9. The van der Waals surface area contributed by atoms with Crippen molar-refractivity contribution in [2.75, 3.05) is 6.61 Å². The predicted molar refractivity (Wildman–Crippen MR) is 133 cm³/mol. The van der Waals surface area contributed by atoms with E-state index in [0.29, 0.717) is 4.47 Å². The van der Waals surface area contributed by atoms with Crippen LogP contribution >= 0.6 is 15.9 Å². The largest absolute Gasteiger partial charge is 0.452 e. The highest BCUT2D eigenvalue weighted by Gasteiger charge is 2.31. The predicted octanol–water partition coefficient (Wildman–Crippen LogP) is 5.28. The first kappa shape index (κ1) is 21.9. The van der Waals surface area contributed by atoms with Gasteiger partial charge in [0.05, 0.1) is 17.3 Å². The number of esters is 1. The second-order valence-electron chi connectivity index (χ2n) is 7.84. The third-order valence-electron chi connectivity index (χ3n) is 5.58. The summed E-state index contributed by atoms with van der Waals surface area (Å²) in [7, 11) is 0. The Morgan fingerprint density at radius 2 is 1.71 bits per heavy atom. The molecule has 4 aromatic rings. The summed E-state index contributed by atoms with van der Waals surface area (Å²) >= 11 is 3.28. The summed E-state index contributed by atoms with van der Waals surface area (Å²) in [5.41, 5.74) is 6.22. The van der Waals surface area contributed by atoms with Crippen molar-refractivity contribution in [3.05, 3.63) is 118 Å². The number of benzene rings is 3. The Bertz CT molecular complexity index is 1400. The number of nitrogens with zero attached hydrogens (tertiary/aromatic N) is 2. The molecule has 5 rings (SSSR count). The van der Waals surface area contributed by atoms with Gasteiger partial charge >= 0.3 is 5.97 Å². The second-order valence-corrected chi connectivity index (χ2v) is 8.76. The van der Waals surface area contributed by atoms with Crippen molar-refractivity contribution in [2.24, 2.45) is 0 Å². The molecule has 0 unspecified atom stereocenters. The maximum absolute atomic E-state index is 13.1. The van der Waals surface area contributed by atoms with E-state index in [9.17, 15) is 9.59 Å². The third-order valence-corrected chi connectivity index (χ3v) is 6.01. The number of hydrogen-bond donors (Lipinski definition) is 1. The van der Waals surface area contributed by atoms with Gasteiger partial charge in [-0.05, 0) is 56.0 Å². The van der Waals surface area contributed by atoms with E-state index < -0.39 is 12.6 Å². The van der Waals surface area contributed by atoms with Crippen molar-refractivity contribution < 1.29 is 14.3 Å². The zero-order valence-electron chi connectivity index (χ0n) is 18.0. The zero-order valence-corrected chi connectivity index (χ0v) is 19.6. The van der Waals surface area contributed by atoms with Gasteiger partial charge in [-0.1, -0.05) is 66.7 Å². The topological polar surface area (TPSA) is 71.5 Å². The number of ether oxygens (including phenoxy) is 1. The van der Waals surface area contributed by atoms with E-state index in [-0.39, 0.29) is 17.5 Å². The molecule has 0 saturated carbocycles. The fourth-order valence-electron chi connectivity index (χ4n) is 3.90. The second kappa shape index (κ2) is 9.49. The number of nitrogens with one attached hydrogen (secondary N) is 1. The standard InChI is InChI=1S/C27H20BrN3O3/c28-23-13-22(15-29-16-23)27(33)34-17-26(32)31-25(19-7-2-1-3-8-19)14-24(30-31)21-11-10-18-6-4-5-9-20(18)12-21/h1-16,25,30H,17H2/t25-/m1/s1. The minimum absolute atomic E-state index is 0.270. The summed E-state index contributed by atoms with van der Waals surface area (Å²) in [5.74, 6) is -0.975. The van der Waals surface area contributed by atoms with Crippen molar-refractivity contribution in [3.63, 3.8) is 0 Å². The van der Waals surface area contributed by atoms with E-state index in [4.69, 9.17) is 4.74 Å². The lowest BCUT2D eigenvalue weighted by Crippen LogP contribution is -2.42. The number of fused-ring (bicyclic) bond motifs is 1. The van der Waals surface area contributed by atoms with Gasteiger partial charge < -0.3 is 4.74 Å². The molecule has 0 saturated heterocycles. The Kier molecular flexibility index (Phi) is 6.10. The number of pyridine rings is 1. The lowest BCUT2D eigenvalue weighted by molar-refractivity contribution is -0.137. The van der Waals surface area contributed by atoms with Gasteiger partial charge in [0, 0.05) is 16.9 Å². The first-order valence-corrected chi connectivity index (χ1v) is 11.5. The number of halogens is 1. The van der Waals surface area contributed by atoms with Crippen molar-refractivity contribution in [1.29, 1.82) is 0 Å². The first-order valence-electron chi connectivity index (χ1n) is 10.7. The number of aromatic nitrogens is 1. The van der Waals surface area contributed by atoms with Crippen LogP contribution in [0.15, 0.2) is 102 Å². The summed E-state index contributed by atoms with van der Waals surface area (Å²) < 4.78 is 5.94. The number of carbonyl (C=O) groups is 2. The van der Waals surface area contributed by atoms with Crippen LogP contribution in [0.2, 0.25) is 0 Å². The van der Waals surface area contributed by atoms with Gasteiger partial charge in [0.15, 0.2) is 6.61 Å². The summed E-state index contributed by atoms with van der Waals surface area (Å²) in [6.45, 7) is -0.402. The van der Waals surface area contributed by atoms with Gasteiger partial charge in [-0.3, -0.25) is 15.2 Å². The van der Waals surface area contributed by atoms with Crippen LogP contribution in [0.4, 0.5) is 0 Å². The lowest BCUT2D eigenvalue weighted by atomic mass is 10.0.